The molecule has 1 fully saturated rings. The number of H-pyrrole nitrogens is 1. The van der Waals surface area contributed by atoms with E-state index in [4.69, 9.17) is 0 Å². The standard InChI is InChI=1S/C23H24N4O/c1-15-3-2-12-24-22(15)16-4-6-17(7-5-16)23(28)27(19-8-9-19)20-10-11-21-18(13-20)14-25-26-21/h2-7,12,14,19-20H,8-11,13H2,1H3,(H,25,26). The van der Waals surface area contributed by atoms with Gasteiger partial charge in [-0.3, -0.25) is 14.9 Å². The van der Waals surface area contributed by atoms with Crippen molar-refractivity contribution in [3.05, 3.63) is 71.2 Å². The molecular weight excluding hydrogens is 348 g/mol. The second-order valence-corrected chi connectivity index (χ2v) is 7.96. The number of benzene rings is 1. The molecule has 5 nitrogen and oxygen atoms in total. The van der Waals surface area contributed by atoms with Gasteiger partial charge >= 0.3 is 0 Å². The molecule has 1 unspecified atom stereocenters. The molecule has 28 heavy (non-hydrogen) atoms. The zero-order valence-corrected chi connectivity index (χ0v) is 16.1. The monoisotopic (exact) mass is 372 g/mol. The molecule has 1 aromatic carbocycles. The number of amides is 1. The number of pyridine rings is 1. The summed E-state index contributed by atoms with van der Waals surface area (Å²) in [5.41, 5.74) is 6.42. The number of nitrogens with one attached hydrogen (secondary N) is 1. The molecule has 0 aliphatic heterocycles. The van der Waals surface area contributed by atoms with E-state index in [2.05, 4.69) is 33.1 Å². The smallest absolute Gasteiger partial charge is 0.254 e. The van der Waals surface area contributed by atoms with Crippen molar-refractivity contribution >= 4 is 5.91 Å². The van der Waals surface area contributed by atoms with Crippen molar-refractivity contribution in [3.63, 3.8) is 0 Å². The summed E-state index contributed by atoms with van der Waals surface area (Å²) in [4.78, 5) is 20.0. The molecule has 142 valence electrons. The van der Waals surface area contributed by atoms with E-state index in [1.807, 2.05) is 42.7 Å². The number of aromatic amines is 1. The minimum Gasteiger partial charge on any atom is -0.332 e. The van der Waals surface area contributed by atoms with Crippen LogP contribution < -0.4 is 0 Å². The second-order valence-electron chi connectivity index (χ2n) is 7.96. The fourth-order valence-corrected chi connectivity index (χ4v) is 4.32. The fourth-order valence-electron chi connectivity index (χ4n) is 4.32. The highest BCUT2D eigenvalue weighted by Gasteiger charge is 2.39. The summed E-state index contributed by atoms with van der Waals surface area (Å²) in [6.45, 7) is 2.06. The van der Waals surface area contributed by atoms with Crippen molar-refractivity contribution in [1.82, 2.24) is 20.1 Å². The summed E-state index contributed by atoms with van der Waals surface area (Å²) in [6.07, 6.45) is 8.83. The molecule has 5 rings (SSSR count). The largest absolute Gasteiger partial charge is 0.332 e. The SMILES string of the molecule is Cc1cccnc1-c1ccc(C(=O)N(C2CC2)C2CCc3[nH]ncc3C2)cc1. The third kappa shape index (κ3) is 3.11. The van der Waals surface area contributed by atoms with E-state index < -0.39 is 0 Å². The Morgan fingerprint density at radius 2 is 1.93 bits per heavy atom. The maximum Gasteiger partial charge on any atom is 0.254 e. The molecule has 2 aliphatic rings. The second kappa shape index (κ2) is 6.89. The zero-order chi connectivity index (χ0) is 19.1. The highest BCUT2D eigenvalue weighted by atomic mass is 16.2. The highest BCUT2D eigenvalue weighted by Crippen LogP contribution is 2.34. The average molecular weight is 372 g/mol. The van der Waals surface area contributed by atoms with Gasteiger partial charge in [-0.05, 0) is 68.4 Å². The molecule has 1 N–H and O–H groups in total. The van der Waals surface area contributed by atoms with Crippen LogP contribution >= 0.6 is 0 Å². The molecule has 1 saturated carbocycles. The first-order chi connectivity index (χ1) is 13.7. The van der Waals surface area contributed by atoms with Crippen LogP contribution in [0.4, 0.5) is 0 Å². The normalized spacial score (nSPS) is 18.5. The average Bonchev–Trinajstić information content (AvgIpc) is 3.44. The molecule has 1 atom stereocenters. The van der Waals surface area contributed by atoms with Gasteiger partial charge in [0.1, 0.15) is 0 Å². The molecule has 0 spiro atoms. The lowest BCUT2D eigenvalue weighted by atomic mass is 9.91. The van der Waals surface area contributed by atoms with Gasteiger partial charge in [0.15, 0.2) is 0 Å². The Bertz CT molecular complexity index is 1000. The van der Waals surface area contributed by atoms with Crippen LogP contribution in [0.1, 0.15) is 46.4 Å². The Morgan fingerprint density at radius 1 is 1.11 bits per heavy atom. The fraction of sp³-hybridized carbons (Fsp3) is 0.348. The lowest BCUT2D eigenvalue weighted by molar-refractivity contribution is 0.0643. The lowest BCUT2D eigenvalue weighted by Gasteiger charge is -2.34. The highest BCUT2D eigenvalue weighted by molar-refractivity contribution is 5.95. The Hall–Kier alpha value is -2.95. The van der Waals surface area contributed by atoms with Crippen LogP contribution in [0.5, 0.6) is 0 Å². The molecule has 5 heteroatoms. The van der Waals surface area contributed by atoms with E-state index in [0.717, 1.165) is 54.5 Å². The van der Waals surface area contributed by atoms with Gasteiger partial charge in [-0.2, -0.15) is 5.10 Å². The molecule has 3 aromatic rings. The molecule has 0 saturated heterocycles. The number of aryl methyl sites for hydroxylation is 2. The number of rotatable bonds is 4. The van der Waals surface area contributed by atoms with Crippen LogP contribution in [0.25, 0.3) is 11.3 Å². The number of hydrogen-bond acceptors (Lipinski definition) is 3. The zero-order valence-electron chi connectivity index (χ0n) is 16.1. The Balaban J connectivity index is 1.39. The predicted octanol–water partition coefficient (Wildman–Crippen LogP) is 3.94. The predicted molar refractivity (Wildman–Crippen MR) is 108 cm³/mol. The van der Waals surface area contributed by atoms with Gasteiger partial charge in [0.05, 0.1) is 11.9 Å². The van der Waals surface area contributed by atoms with E-state index in [-0.39, 0.29) is 11.9 Å². The van der Waals surface area contributed by atoms with Crippen molar-refractivity contribution in [3.8, 4) is 11.3 Å². The number of nitrogens with zero attached hydrogens (tertiary/aromatic N) is 3. The van der Waals surface area contributed by atoms with Gasteiger partial charge in [-0.15, -0.1) is 0 Å². The maximum atomic E-state index is 13.4. The molecule has 0 bridgehead atoms. The van der Waals surface area contributed by atoms with Crippen molar-refractivity contribution in [2.75, 3.05) is 0 Å². The van der Waals surface area contributed by atoms with Gasteiger partial charge in [0.2, 0.25) is 0 Å². The van der Waals surface area contributed by atoms with Crippen molar-refractivity contribution in [2.45, 2.75) is 51.1 Å². The minimum atomic E-state index is 0.156. The third-order valence-electron chi connectivity index (χ3n) is 5.97. The van der Waals surface area contributed by atoms with E-state index in [1.54, 1.807) is 0 Å². The Kier molecular flexibility index (Phi) is 4.23. The number of hydrogen-bond donors (Lipinski definition) is 1. The van der Waals surface area contributed by atoms with Gasteiger partial charge in [-0.25, -0.2) is 0 Å². The summed E-state index contributed by atoms with van der Waals surface area (Å²) in [6, 6.07) is 12.6. The van der Waals surface area contributed by atoms with Crippen LogP contribution in [-0.4, -0.2) is 38.1 Å². The van der Waals surface area contributed by atoms with Crippen molar-refractivity contribution < 1.29 is 4.79 Å². The maximum absolute atomic E-state index is 13.4. The summed E-state index contributed by atoms with van der Waals surface area (Å²) in [5, 5.41) is 7.26. The van der Waals surface area contributed by atoms with Crippen molar-refractivity contribution in [2.24, 2.45) is 0 Å². The van der Waals surface area contributed by atoms with Crippen LogP contribution in [0.15, 0.2) is 48.8 Å². The topological polar surface area (TPSA) is 61.9 Å². The number of aromatic nitrogens is 3. The van der Waals surface area contributed by atoms with E-state index in [1.165, 1.54) is 11.3 Å². The van der Waals surface area contributed by atoms with Gasteiger partial charge in [0, 0.05) is 35.1 Å². The Labute approximate surface area is 164 Å². The van der Waals surface area contributed by atoms with Crippen LogP contribution in [0.2, 0.25) is 0 Å². The summed E-state index contributed by atoms with van der Waals surface area (Å²) >= 11 is 0. The van der Waals surface area contributed by atoms with E-state index >= 15 is 0 Å². The molecule has 0 radical (unpaired) electrons. The first-order valence-electron chi connectivity index (χ1n) is 10.1. The molecule has 2 aromatic heterocycles. The van der Waals surface area contributed by atoms with Crippen molar-refractivity contribution in [1.29, 1.82) is 0 Å². The van der Waals surface area contributed by atoms with Gasteiger partial charge in [-0.1, -0.05) is 18.2 Å². The number of carbonyl (C=O) groups is 1. The van der Waals surface area contributed by atoms with E-state index in [0.29, 0.717) is 6.04 Å². The summed E-state index contributed by atoms with van der Waals surface area (Å²) in [7, 11) is 0. The third-order valence-corrected chi connectivity index (χ3v) is 5.97. The number of carbonyl (C=O) groups excluding carboxylic acids is 1. The molecular formula is C23H24N4O. The molecule has 2 heterocycles. The number of fused-ring (bicyclic) bond motifs is 1. The van der Waals surface area contributed by atoms with E-state index in [9.17, 15) is 4.79 Å². The van der Waals surface area contributed by atoms with Crippen LogP contribution in [-0.2, 0) is 12.8 Å². The van der Waals surface area contributed by atoms with Gasteiger partial charge in [0.25, 0.3) is 5.91 Å². The molecule has 2 aliphatic carbocycles. The first kappa shape index (κ1) is 17.2. The molecule has 1 amide bonds. The van der Waals surface area contributed by atoms with Gasteiger partial charge < -0.3 is 4.90 Å². The quantitative estimate of drug-likeness (QED) is 0.754. The lowest BCUT2D eigenvalue weighted by Crippen LogP contribution is -2.44. The summed E-state index contributed by atoms with van der Waals surface area (Å²) in [5.74, 6) is 0.156. The first-order valence-corrected chi connectivity index (χ1v) is 10.1. The minimum absolute atomic E-state index is 0.156. The van der Waals surface area contributed by atoms with Crippen LogP contribution in [0, 0.1) is 6.92 Å². The Morgan fingerprint density at radius 3 is 2.68 bits per heavy atom. The summed E-state index contributed by atoms with van der Waals surface area (Å²) < 4.78 is 0. The van der Waals surface area contributed by atoms with Crippen LogP contribution in [0.3, 0.4) is 0 Å².